The summed E-state index contributed by atoms with van der Waals surface area (Å²) in [6.07, 6.45) is -2.98. The molecule has 3 aliphatic heterocycles. The first-order valence-corrected chi connectivity index (χ1v) is 20.5. The van der Waals surface area contributed by atoms with E-state index in [0.717, 1.165) is 6.29 Å². The van der Waals surface area contributed by atoms with E-state index in [2.05, 4.69) is 0 Å². The molecule has 0 unspecified atom stereocenters. The van der Waals surface area contributed by atoms with Crippen LogP contribution in [0.5, 0.6) is 0 Å². The maximum Gasteiger partial charge on any atom is 0.309 e. The van der Waals surface area contributed by atoms with Crippen molar-refractivity contribution in [3.8, 4) is 0 Å². The number of aliphatic hydroxyl groups excluding tert-OH is 2. The van der Waals surface area contributed by atoms with Gasteiger partial charge in [0.2, 0.25) is 0 Å². The topological polar surface area (TPSA) is 195 Å². The molecule has 0 aromatic rings. The molecule has 0 saturated carbocycles. The number of aliphatic hydroxyl groups is 2. The predicted octanol–water partition coefficient (Wildman–Crippen LogP) is 3.42. The molecule has 0 aliphatic carbocycles. The van der Waals surface area contributed by atoms with E-state index in [1.165, 1.54) is 14.2 Å². The molecule has 58 heavy (non-hydrogen) atoms. The van der Waals surface area contributed by atoms with E-state index in [1.54, 1.807) is 71.8 Å². The molecule has 2 saturated heterocycles. The van der Waals surface area contributed by atoms with Gasteiger partial charge in [-0.15, -0.1) is 0 Å². The van der Waals surface area contributed by atoms with Gasteiger partial charge in [-0.05, 0) is 60.0 Å². The highest BCUT2D eigenvalue weighted by atomic mass is 16.7. The van der Waals surface area contributed by atoms with E-state index in [9.17, 15) is 29.4 Å². The number of methoxy groups -OCH3 is 2. The highest BCUT2D eigenvalue weighted by Gasteiger charge is 2.53. The summed E-state index contributed by atoms with van der Waals surface area (Å²) in [5, 5.41) is 23.2. The first-order chi connectivity index (χ1) is 27.4. The van der Waals surface area contributed by atoms with Crippen LogP contribution in [-0.2, 0) is 61.8 Å². The van der Waals surface area contributed by atoms with Crippen LogP contribution >= 0.6 is 0 Å². The molecule has 3 heterocycles. The lowest BCUT2D eigenvalue weighted by Gasteiger charge is -2.51. The summed E-state index contributed by atoms with van der Waals surface area (Å²) in [6.45, 7) is 12.3. The van der Waals surface area contributed by atoms with Crippen LogP contribution in [-0.4, -0.2) is 153 Å². The molecule has 16 atom stereocenters. The summed E-state index contributed by atoms with van der Waals surface area (Å²) in [5.41, 5.74) is -0.948. The van der Waals surface area contributed by atoms with Crippen molar-refractivity contribution in [1.29, 1.82) is 0 Å². The Morgan fingerprint density at radius 3 is 2.22 bits per heavy atom. The number of carbonyl (C=O) groups is 4. The number of nitrogens with zero attached hydrogens (tertiary/aromatic N) is 1. The number of hydrogen-bond acceptors (Lipinski definition) is 16. The number of likely N-dealkylation sites (N-methyl/N-ethyl adjacent to an activating group) is 1. The van der Waals surface area contributed by atoms with Gasteiger partial charge < -0.3 is 62.5 Å². The lowest BCUT2D eigenvalue weighted by Crippen LogP contribution is -2.66. The van der Waals surface area contributed by atoms with Gasteiger partial charge in [0, 0.05) is 46.3 Å². The maximum atomic E-state index is 13.3. The molecule has 2 fully saturated rings. The van der Waals surface area contributed by atoms with Gasteiger partial charge in [0.25, 0.3) is 0 Å². The first-order valence-electron chi connectivity index (χ1n) is 20.5. The van der Waals surface area contributed by atoms with Crippen LogP contribution in [0.4, 0.5) is 0 Å². The van der Waals surface area contributed by atoms with Gasteiger partial charge in [-0.3, -0.25) is 14.4 Å². The summed E-state index contributed by atoms with van der Waals surface area (Å²) >= 11 is 0. The van der Waals surface area contributed by atoms with Gasteiger partial charge >= 0.3 is 17.9 Å². The summed E-state index contributed by atoms with van der Waals surface area (Å²) in [6, 6.07) is -0.738. The van der Waals surface area contributed by atoms with E-state index >= 15 is 0 Å². The molecule has 16 nitrogen and oxygen atoms in total. The quantitative estimate of drug-likeness (QED) is 0.156. The fourth-order valence-electron chi connectivity index (χ4n) is 8.00. The third kappa shape index (κ3) is 13.4. The van der Waals surface area contributed by atoms with Crippen LogP contribution in [0.2, 0.25) is 0 Å². The van der Waals surface area contributed by atoms with E-state index in [-0.39, 0.29) is 44.5 Å². The average molecular weight is 828 g/mol. The van der Waals surface area contributed by atoms with Gasteiger partial charge in [-0.1, -0.05) is 45.1 Å². The van der Waals surface area contributed by atoms with Gasteiger partial charge in [0.15, 0.2) is 18.7 Å². The van der Waals surface area contributed by atoms with Crippen molar-refractivity contribution >= 4 is 24.2 Å². The Morgan fingerprint density at radius 1 is 0.948 bits per heavy atom. The zero-order valence-electron chi connectivity index (χ0n) is 36.1. The standard InChI is InChI=1S/C42H69NO15/c1-12-31(46)55-30-22-33(48)52-25(4)17-15-14-16-18-29(45)24(3)21-28(19-20-44)38(39(30)50-10)58-41-36(49)35(43(8)9)37(26(5)54-41)57-34-23-42(7,51-11)40(27(6)53-34)56-32(47)13-2/h14-16,18,20,24-30,34-41,45,49H,12-13,17,19,21-23H2,1-11H3/b15-14+,18-16+/t24-,25-,26-,27+,28+,29+,30-,34+,35-,36-,37-,38+,39+,40+,41+,42-/m1/s1. The minimum Gasteiger partial charge on any atom is -0.462 e. The van der Waals surface area contributed by atoms with E-state index in [1.807, 2.05) is 19.9 Å². The van der Waals surface area contributed by atoms with Crippen molar-refractivity contribution in [3.05, 3.63) is 24.3 Å². The summed E-state index contributed by atoms with van der Waals surface area (Å²) in [7, 11) is 6.47. The zero-order chi connectivity index (χ0) is 43.3. The molecule has 332 valence electrons. The molecule has 16 heteroatoms. The van der Waals surface area contributed by atoms with Crippen molar-refractivity contribution < 1.29 is 72.0 Å². The number of rotatable bonds is 13. The van der Waals surface area contributed by atoms with Crippen LogP contribution in [0.15, 0.2) is 24.3 Å². The lowest BCUT2D eigenvalue weighted by molar-refractivity contribution is -0.345. The molecule has 3 aliphatic rings. The molecule has 0 bridgehead atoms. The number of ether oxygens (including phenoxy) is 9. The third-order valence-electron chi connectivity index (χ3n) is 11.3. The van der Waals surface area contributed by atoms with Crippen LogP contribution in [0, 0.1) is 11.8 Å². The van der Waals surface area contributed by atoms with Gasteiger partial charge in [-0.25, -0.2) is 0 Å². The minimum absolute atomic E-state index is 0.00740. The van der Waals surface area contributed by atoms with Crippen molar-refractivity contribution in [1.82, 2.24) is 4.90 Å². The number of carbonyl (C=O) groups excluding carboxylic acids is 4. The van der Waals surface area contributed by atoms with E-state index in [0.29, 0.717) is 6.42 Å². The first kappa shape index (κ1) is 49.6. The molecule has 3 rings (SSSR count). The molecule has 0 amide bonds. The Balaban J connectivity index is 2.03. The Hall–Kier alpha value is -2.80. The zero-order valence-corrected chi connectivity index (χ0v) is 36.1. The smallest absolute Gasteiger partial charge is 0.309 e. The van der Waals surface area contributed by atoms with E-state index in [4.69, 9.17) is 42.6 Å². The van der Waals surface area contributed by atoms with Crippen molar-refractivity contribution in [2.75, 3.05) is 28.3 Å². The minimum atomic E-state index is -1.36. The van der Waals surface area contributed by atoms with E-state index < -0.39 is 109 Å². The predicted molar refractivity (Wildman–Crippen MR) is 210 cm³/mol. The fraction of sp³-hybridized carbons (Fsp3) is 0.810. The normalized spacial score (nSPS) is 40.6. The van der Waals surface area contributed by atoms with Gasteiger partial charge in [-0.2, -0.15) is 0 Å². The molecular formula is C42H69NO15. The molecular weight excluding hydrogens is 758 g/mol. The number of hydrogen-bond donors (Lipinski definition) is 2. The summed E-state index contributed by atoms with van der Waals surface area (Å²) in [5.74, 6) is -2.69. The fourth-order valence-corrected chi connectivity index (χ4v) is 8.00. The highest BCUT2D eigenvalue weighted by molar-refractivity contribution is 5.72. The highest BCUT2D eigenvalue weighted by Crippen LogP contribution is 2.39. The molecule has 0 radical (unpaired) electrons. The van der Waals surface area contributed by atoms with Gasteiger partial charge in [0.1, 0.15) is 42.4 Å². The largest absolute Gasteiger partial charge is 0.462 e. The van der Waals surface area contributed by atoms with Crippen molar-refractivity contribution in [3.63, 3.8) is 0 Å². The SMILES string of the molecule is CCC(=O)O[C@@H]1CC(=O)O[C@H](C)C/C=C/C=C/[C@H](O)[C@H](C)C[C@H](CC=O)[C@H](O[C@@H]2O[C@H](C)[C@@H](O[C@H]3C[C@@](C)(OC)[C@@H](OC(=O)CC)[C@H](C)O3)[C@H](N(C)C)[C@H]2O)[C@H]1OC. The summed E-state index contributed by atoms with van der Waals surface area (Å²) < 4.78 is 55.1. The van der Waals surface area contributed by atoms with Crippen LogP contribution in [0.1, 0.15) is 93.4 Å². The number of esters is 3. The number of allylic oxidation sites excluding steroid dienone is 2. The molecule has 0 spiro atoms. The maximum absolute atomic E-state index is 13.3. The molecule has 0 aromatic carbocycles. The Labute approximate surface area is 343 Å². The Kier molecular flexibility index (Phi) is 19.9. The monoisotopic (exact) mass is 827 g/mol. The summed E-state index contributed by atoms with van der Waals surface area (Å²) in [4.78, 5) is 52.6. The second-order valence-corrected chi connectivity index (χ2v) is 16.1. The Morgan fingerprint density at radius 2 is 1.62 bits per heavy atom. The van der Waals surface area contributed by atoms with Crippen molar-refractivity contribution in [2.24, 2.45) is 11.8 Å². The van der Waals surface area contributed by atoms with Crippen LogP contribution < -0.4 is 0 Å². The molecule has 2 N–H and O–H groups in total. The average Bonchev–Trinajstić information content (AvgIpc) is 3.16. The van der Waals surface area contributed by atoms with Crippen LogP contribution in [0.3, 0.4) is 0 Å². The second kappa shape index (κ2) is 23.3. The second-order valence-electron chi connectivity index (χ2n) is 16.1. The lowest BCUT2D eigenvalue weighted by atomic mass is 9.82. The Bertz CT molecular complexity index is 1380. The van der Waals surface area contributed by atoms with Crippen LogP contribution in [0.25, 0.3) is 0 Å². The third-order valence-corrected chi connectivity index (χ3v) is 11.3. The number of cyclic esters (lactones) is 1. The number of aldehydes is 1. The van der Waals surface area contributed by atoms with Gasteiger partial charge in [0.05, 0.1) is 36.9 Å². The molecule has 0 aromatic heterocycles. The van der Waals surface area contributed by atoms with Crippen molar-refractivity contribution in [2.45, 2.75) is 179 Å².